The molecule has 0 atom stereocenters. The minimum Gasteiger partial charge on any atom is -0.765 e. The molecule has 3 N–H and O–H groups in total. The standard InChI is InChI=1S/CH4N.2CH2.Mn.H2NO2/c1-2;;;;2-1-3/h2H,1H3;2*1H2;;1-2H/q-1;;;;-1. The molecule has 0 saturated heterocycles. The predicted octanol–water partition coefficient (Wildman–Crippen LogP) is 0.0643. The maximum atomic E-state index is 8.24. The van der Waals surface area contributed by atoms with Gasteiger partial charge >= 0.3 is 24.9 Å². The topological polar surface area (TPSA) is 79.1 Å². The third-order valence-corrected chi connectivity index (χ3v) is 0. The van der Waals surface area contributed by atoms with Crippen molar-refractivity contribution in [3.05, 3.63) is 10.9 Å². The van der Waals surface area contributed by atoms with Gasteiger partial charge in [0.05, 0.1) is 0 Å². The van der Waals surface area contributed by atoms with Crippen molar-refractivity contribution in [3.63, 3.8) is 0 Å². The zero-order valence-corrected chi connectivity index (χ0v) is 5.83. The van der Waals surface area contributed by atoms with Crippen LogP contribution < -0.4 is 5.64 Å². The molecule has 0 radical (unpaired) electrons. The van der Waals surface area contributed by atoms with Crippen molar-refractivity contribution in [3.8, 4) is 0 Å². The van der Waals surface area contributed by atoms with Gasteiger partial charge in [-0.2, -0.15) is 7.05 Å². The second kappa shape index (κ2) is 59.9. The first-order valence-corrected chi connectivity index (χ1v) is 3.13. The summed E-state index contributed by atoms with van der Waals surface area (Å²) in [4.78, 5) is 0. The zero-order chi connectivity index (χ0) is 7.41. The van der Waals surface area contributed by atoms with Crippen LogP contribution in [-0.4, -0.2) is 23.1 Å². The molecule has 0 aliphatic heterocycles. The van der Waals surface area contributed by atoms with Gasteiger partial charge < -0.3 is 16.1 Å². The summed E-state index contributed by atoms with van der Waals surface area (Å²) in [6, 6.07) is 0. The van der Waals surface area contributed by atoms with Gasteiger partial charge in [-0.05, 0) is 0 Å². The van der Waals surface area contributed by atoms with Crippen LogP contribution in [0.15, 0.2) is 0 Å². The van der Waals surface area contributed by atoms with Crippen LogP contribution in [-0.2, 0) is 14.1 Å². The number of nitrogens with one attached hydrogen (secondary N) is 2. The van der Waals surface area contributed by atoms with Crippen LogP contribution in [0.1, 0.15) is 0 Å². The van der Waals surface area contributed by atoms with E-state index in [0.717, 1.165) is 0 Å². The average Bonchev–Trinajstić information content (AvgIpc) is 1.75. The molecule has 0 aliphatic carbocycles. The van der Waals surface area contributed by atoms with E-state index in [9.17, 15) is 0 Å². The molecule has 0 amide bonds. The van der Waals surface area contributed by atoms with Crippen LogP contribution in [0, 0.1) is 5.21 Å². The van der Waals surface area contributed by atoms with Gasteiger partial charge in [0, 0.05) is 0 Å². The largest absolute Gasteiger partial charge is 0.765 e. The summed E-state index contributed by atoms with van der Waals surface area (Å²) in [6.45, 7) is 0. The summed E-state index contributed by atoms with van der Waals surface area (Å²) >= 11 is 0.562. The summed E-state index contributed by atoms with van der Waals surface area (Å²) in [6.07, 6.45) is 0. The molecule has 0 rings (SSSR count). The Hall–Kier alpha value is 0.0995. The summed E-state index contributed by atoms with van der Waals surface area (Å²) in [5.41, 5.74) is 13.1. The van der Waals surface area contributed by atoms with Crippen molar-refractivity contribution in [2.24, 2.45) is 0 Å². The summed E-state index contributed by atoms with van der Waals surface area (Å²) in [5.74, 6) is 0. The Labute approximate surface area is 54.5 Å². The van der Waals surface area contributed by atoms with Crippen molar-refractivity contribution in [2.75, 3.05) is 7.05 Å². The smallest absolute Gasteiger partial charge is 0.280 e. The monoisotopic (exact) mass is 161 g/mol. The van der Waals surface area contributed by atoms with E-state index in [1.165, 1.54) is 7.05 Å². The van der Waals surface area contributed by atoms with E-state index in [1.807, 2.05) is 0 Å². The minimum atomic E-state index is 0.500. The van der Waals surface area contributed by atoms with Gasteiger partial charge in [0.25, 0.3) is 0 Å². The van der Waals surface area contributed by atoms with Crippen molar-refractivity contribution in [2.45, 2.75) is 0 Å². The fourth-order valence-electron chi connectivity index (χ4n) is 0. The Balaban J connectivity index is -0.0000000483. The molecule has 0 aromatic heterocycles. The Kier molecular flexibility index (Phi) is 118. The first-order valence-electron chi connectivity index (χ1n) is 1.46. The Morgan fingerprint density at radius 1 is 1.62 bits per heavy atom. The zero-order valence-electron chi connectivity index (χ0n) is 4.65. The molecular weight excluding hydrogens is 151 g/mol. The van der Waals surface area contributed by atoms with E-state index in [4.69, 9.17) is 16.1 Å². The number of rotatable bonds is 0. The summed E-state index contributed by atoms with van der Waals surface area (Å²) in [5, 5.41) is 15.0. The van der Waals surface area contributed by atoms with Gasteiger partial charge in [-0.1, -0.05) is 0 Å². The third-order valence-electron chi connectivity index (χ3n) is 0. The number of hydrogen-bond acceptors (Lipinski definition) is 3. The molecular formula is C3H10MnN2O2-2. The summed E-state index contributed by atoms with van der Waals surface area (Å²) < 4.78 is 0. The first-order chi connectivity index (χ1) is 3.83. The Bertz CT molecular complexity index is 44.5. The molecule has 0 bridgehead atoms. The molecule has 5 heteroatoms. The predicted molar refractivity (Wildman–Crippen MR) is 32.8 cm³/mol. The van der Waals surface area contributed by atoms with Gasteiger partial charge in [0.2, 0.25) is 0 Å². The molecule has 0 fully saturated rings. The molecule has 0 aromatic carbocycles. The summed E-state index contributed by atoms with van der Waals surface area (Å²) in [7, 11) is 1.25. The van der Waals surface area contributed by atoms with E-state index in [2.05, 4.69) is 10.8 Å². The van der Waals surface area contributed by atoms with Crippen LogP contribution in [0.5, 0.6) is 0 Å². The maximum absolute atomic E-state index is 8.24. The van der Waals surface area contributed by atoms with Crippen molar-refractivity contribution >= 4 is 10.8 Å². The van der Waals surface area contributed by atoms with Crippen LogP contribution in [0.3, 0.4) is 0 Å². The van der Waals surface area contributed by atoms with Gasteiger partial charge in [-0.25, -0.2) is 0 Å². The molecule has 0 aliphatic rings. The average molecular weight is 161 g/mol. The van der Waals surface area contributed by atoms with Crippen LogP contribution >= 0.6 is 0 Å². The van der Waals surface area contributed by atoms with Gasteiger partial charge in [-0.15, -0.1) is 0 Å². The van der Waals surface area contributed by atoms with E-state index in [-0.39, 0.29) is 0 Å². The SMILES string of the molecule is C[NH-].[CH2]=[Mn]=[CH2].[O-]NO. The second-order valence-electron chi connectivity index (χ2n) is 0.280. The van der Waals surface area contributed by atoms with Crippen molar-refractivity contribution in [1.82, 2.24) is 5.64 Å². The molecule has 53 valence electrons. The minimum absolute atomic E-state index is 0.500. The Morgan fingerprint density at radius 2 is 1.62 bits per heavy atom. The molecule has 8 heavy (non-hydrogen) atoms. The fourth-order valence-corrected chi connectivity index (χ4v) is 0. The van der Waals surface area contributed by atoms with Crippen LogP contribution in [0.4, 0.5) is 0 Å². The normalized spacial score (nSPS) is 4.50. The van der Waals surface area contributed by atoms with E-state index < -0.39 is 0 Å². The van der Waals surface area contributed by atoms with Gasteiger partial charge in [0.15, 0.2) is 0 Å². The molecule has 0 heterocycles. The third kappa shape index (κ3) is 16000. The molecule has 4 nitrogen and oxygen atoms in total. The maximum Gasteiger partial charge on any atom is -0.280 e. The van der Waals surface area contributed by atoms with Gasteiger partial charge in [0.1, 0.15) is 0 Å². The second-order valence-corrected chi connectivity index (χ2v) is 0.870. The van der Waals surface area contributed by atoms with Crippen molar-refractivity contribution < 1.29 is 19.3 Å². The number of hydrogen-bond donors (Lipinski definition) is 2. The van der Waals surface area contributed by atoms with Gasteiger partial charge in [-0.3, -0.25) is 5.64 Å². The van der Waals surface area contributed by atoms with Crippen LogP contribution in [0.2, 0.25) is 0 Å². The van der Waals surface area contributed by atoms with E-state index in [0.29, 0.717) is 19.7 Å². The quantitative estimate of drug-likeness (QED) is 0.389. The molecule has 0 saturated carbocycles. The Morgan fingerprint density at radius 3 is 1.62 bits per heavy atom. The molecule has 0 spiro atoms. The first kappa shape index (κ1) is 15.7. The molecule has 0 aromatic rings. The van der Waals surface area contributed by atoms with E-state index >= 15 is 0 Å². The van der Waals surface area contributed by atoms with Crippen LogP contribution in [0.25, 0.3) is 5.73 Å². The molecule has 0 unspecified atom stereocenters. The van der Waals surface area contributed by atoms with E-state index in [1.54, 1.807) is 0 Å². The fraction of sp³-hybridized carbons (Fsp3) is 0.333. The van der Waals surface area contributed by atoms with Crippen molar-refractivity contribution in [1.29, 1.82) is 0 Å².